The second-order valence-corrected chi connectivity index (χ2v) is 5.26. The van der Waals surface area contributed by atoms with E-state index in [9.17, 15) is 4.79 Å². The summed E-state index contributed by atoms with van der Waals surface area (Å²) in [4.78, 5) is 12.6. The molecule has 1 aliphatic carbocycles. The Morgan fingerprint density at radius 2 is 1.94 bits per heavy atom. The monoisotopic (exact) mass is 240 g/mol. The number of fused-ring (bicyclic) bond motifs is 1. The van der Waals surface area contributed by atoms with Crippen LogP contribution in [0.4, 0.5) is 0 Å². The molecule has 0 amide bonds. The average molecular weight is 240 g/mol. The summed E-state index contributed by atoms with van der Waals surface area (Å²) >= 11 is 0. The van der Waals surface area contributed by atoms with Gasteiger partial charge in [0.15, 0.2) is 5.78 Å². The van der Waals surface area contributed by atoms with Crippen LogP contribution in [0.1, 0.15) is 38.8 Å². The van der Waals surface area contributed by atoms with E-state index in [1.807, 2.05) is 38.1 Å². The van der Waals surface area contributed by atoms with E-state index < -0.39 is 5.41 Å². The van der Waals surface area contributed by atoms with Crippen LogP contribution in [0.5, 0.6) is 0 Å². The zero-order valence-corrected chi connectivity index (χ0v) is 11.5. The van der Waals surface area contributed by atoms with Crippen LogP contribution in [0, 0.1) is 5.92 Å². The fourth-order valence-electron chi connectivity index (χ4n) is 2.86. The Morgan fingerprint density at radius 1 is 1.28 bits per heavy atom. The lowest BCUT2D eigenvalue weighted by atomic mass is 9.64. The lowest BCUT2D eigenvalue weighted by Crippen LogP contribution is -2.41. The molecule has 1 heteroatoms. The number of rotatable bonds is 2. The minimum absolute atomic E-state index is 0.194. The minimum atomic E-state index is -0.443. The van der Waals surface area contributed by atoms with Gasteiger partial charge in [0, 0.05) is 0 Å². The summed E-state index contributed by atoms with van der Waals surface area (Å²) in [5, 5.41) is 0. The van der Waals surface area contributed by atoms with Crippen LogP contribution < -0.4 is 0 Å². The van der Waals surface area contributed by atoms with Crippen molar-refractivity contribution in [2.45, 2.75) is 33.1 Å². The van der Waals surface area contributed by atoms with Gasteiger partial charge in [-0.15, -0.1) is 0 Å². The molecular formula is C17H20O. The maximum absolute atomic E-state index is 12.6. The van der Waals surface area contributed by atoms with E-state index in [-0.39, 0.29) is 11.7 Å². The summed E-state index contributed by atoms with van der Waals surface area (Å²) < 4.78 is 0. The maximum Gasteiger partial charge on any atom is 0.169 e. The molecule has 0 aliphatic heterocycles. The van der Waals surface area contributed by atoms with Gasteiger partial charge in [-0.3, -0.25) is 4.79 Å². The van der Waals surface area contributed by atoms with Crippen molar-refractivity contribution in [2.24, 2.45) is 5.92 Å². The number of carbonyl (C=O) groups excluding carboxylic acids is 1. The first-order valence-corrected chi connectivity index (χ1v) is 6.47. The smallest absolute Gasteiger partial charge is 0.169 e. The second kappa shape index (κ2) is 4.56. The molecule has 1 aliphatic rings. The Morgan fingerprint density at radius 3 is 2.61 bits per heavy atom. The Balaban J connectivity index is 2.66. The third kappa shape index (κ3) is 1.74. The van der Waals surface area contributed by atoms with E-state index in [0.29, 0.717) is 0 Å². The third-order valence-corrected chi connectivity index (χ3v) is 4.11. The normalized spacial score (nSPS) is 24.9. The Kier molecular flexibility index (Phi) is 3.25. The molecule has 0 radical (unpaired) electrons. The topological polar surface area (TPSA) is 17.1 Å². The van der Waals surface area contributed by atoms with E-state index >= 15 is 0 Å². The van der Waals surface area contributed by atoms with Crippen LogP contribution in [-0.4, -0.2) is 5.78 Å². The fraction of sp³-hybridized carbons (Fsp3) is 0.353. The van der Waals surface area contributed by atoms with Crippen molar-refractivity contribution in [2.75, 3.05) is 0 Å². The van der Waals surface area contributed by atoms with Gasteiger partial charge in [-0.1, -0.05) is 43.3 Å². The largest absolute Gasteiger partial charge is 0.294 e. The van der Waals surface area contributed by atoms with Crippen molar-refractivity contribution in [3.63, 3.8) is 0 Å². The molecule has 94 valence electrons. The first-order chi connectivity index (χ1) is 8.51. The van der Waals surface area contributed by atoms with E-state index in [2.05, 4.69) is 32.1 Å². The van der Waals surface area contributed by atoms with Crippen molar-refractivity contribution in [3.05, 3.63) is 53.1 Å². The number of Topliss-reactive ketones (excluding diaryl/α,β-unsaturated/α-hetero) is 1. The molecule has 2 atom stereocenters. The van der Waals surface area contributed by atoms with Crippen molar-refractivity contribution >= 4 is 11.9 Å². The predicted octanol–water partition coefficient (Wildman–Crippen LogP) is 4.14. The Hall–Kier alpha value is -1.63. The van der Waals surface area contributed by atoms with Crippen molar-refractivity contribution in [3.8, 4) is 0 Å². The number of hydrogen-bond donors (Lipinski definition) is 0. The first-order valence-electron chi connectivity index (χ1n) is 6.47. The number of hydrogen-bond acceptors (Lipinski definition) is 1. The van der Waals surface area contributed by atoms with Crippen molar-refractivity contribution < 1.29 is 4.79 Å². The van der Waals surface area contributed by atoms with Gasteiger partial charge in [-0.05, 0) is 49.5 Å². The van der Waals surface area contributed by atoms with Crippen LogP contribution in [0.3, 0.4) is 0 Å². The maximum atomic E-state index is 12.6. The molecule has 0 saturated heterocycles. The molecule has 2 rings (SSSR count). The summed E-state index contributed by atoms with van der Waals surface area (Å²) in [6, 6.07) is 8.21. The molecule has 0 heterocycles. The summed E-state index contributed by atoms with van der Waals surface area (Å²) in [7, 11) is 0. The number of benzene rings is 1. The molecule has 1 aromatic rings. The number of allylic oxidation sites excluding steroid dienone is 3. The lowest BCUT2D eigenvalue weighted by molar-refractivity contribution is -0.121. The average Bonchev–Trinajstić information content (AvgIpc) is 2.36. The zero-order valence-electron chi connectivity index (χ0n) is 11.5. The summed E-state index contributed by atoms with van der Waals surface area (Å²) in [5.41, 5.74) is 2.73. The van der Waals surface area contributed by atoms with Gasteiger partial charge >= 0.3 is 0 Å². The van der Waals surface area contributed by atoms with E-state index in [1.54, 1.807) is 0 Å². The highest BCUT2D eigenvalue weighted by Gasteiger charge is 2.42. The van der Waals surface area contributed by atoms with Crippen LogP contribution in [0.15, 0.2) is 42.0 Å². The van der Waals surface area contributed by atoms with Gasteiger partial charge in [0.2, 0.25) is 0 Å². The standard InChI is InChI=1S/C17H20O/c1-5-8-13(3)17(4)15-10-7-6-9-14(15)11-12(2)16(17)18/h5-11,13H,1-4H3/b8-5+. The molecule has 2 unspecified atom stereocenters. The van der Waals surface area contributed by atoms with Crippen LogP contribution in [-0.2, 0) is 10.2 Å². The van der Waals surface area contributed by atoms with Gasteiger partial charge in [-0.25, -0.2) is 0 Å². The second-order valence-electron chi connectivity index (χ2n) is 5.26. The molecule has 0 N–H and O–H groups in total. The van der Waals surface area contributed by atoms with Gasteiger partial charge in [0.05, 0.1) is 5.41 Å². The van der Waals surface area contributed by atoms with Crippen LogP contribution in [0.2, 0.25) is 0 Å². The van der Waals surface area contributed by atoms with Gasteiger partial charge in [0.25, 0.3) is 0 Å². The zero-order chi connectivity index (χ0) is 13.3. The van der Waals surface area contributed by atoms with Gasteiger partial charge in [0.1, 0.15) is 0 Å². The predicted molar refractivity (Wildman–Crippen MR) is 76.4 cm³/mol. The SMILES string of the molecule is C/C=C/C(C)C1(C)C(=O)C(C)=Cc2ccccc21. The lowest BCUT2D eigenvalue weighted by Gasteiger charge is -2.37. The molecule has 1 nitrogen and oxygen atoms in total. The summed E-state index contributed by atoms with van der Waals surface area (Å²) in [6.45, 7) is 8.10. The minimum Gasteiger partial charge on any atom is -0.294 e. The molecule has 1 aromatic carbocycles. The van der Waals surface area contributed by atoms with Crippen molar-refractivity contribution in [1.82, 2.24) is 0 Å². The molecule has 0 aromatic heterocycles. The highest BCUT2D eigenvalue weighted by molar-refractivity contribution is 6.09. The molecular weight excluding hydrogens is 220 g/mol. The summed E-state index contributed by atoms with van der Waals surface area (Å²) in [5.74, 6) is 0.437. The molecule has 0 spiro atoms. The Labute approximate surface area is 109 Å². The van der Waals surface area contributed by atoms with Crippen molar-refractivity contribution in [1.29, 1.82) is 0 Å². The third-order valence-electron chi connectivity index (χ3n) is 4.11. The quantitative estimate of drug-likeness (QED) is 0.710. The number of ketones is 1. The van der Waals surface area contributed by atoms with E-state index in [0.717, 1.165) is 11.1 Å². The van der Waals surface area contributed by atoms with Gasteiger partial charge < -0.3 is 0 Å². The highest BCUT2D eigenvalue weighted by Crippen LogP contribution is 2.41. The molecule has 0 fully saturated rings. The van der Waals surface area contributed by atoms with Gasteiger partial charge in [-0.2, -0.15) is 0 Å². The van der Waals surface area contributed by atoms with E-state index in [4.69, 9.17) is 0 Å². The highest BCUT2D eigenvalue weighted by atomic mass is 16.1. The van der Waals surface area contributed by atoms with Crippen LogP contribution in [0.25, 0.3) is 6.08 Å². The first kappa shape index (κ1) is 12.8. The fourth-order valence-corrected chi connectivity index (χ4v) is 2.86. The molecule has 0 bridgehead atoms. The number of carbonyl (C=O) groups is 1. The summed E-state index contributed by atoms with van der Waals surface area (Å²) in [6.07, 6.45) is 6.15. The van der Waals surface area contributed by atoms with Crippen LogP contribution >= 0.6 is 0 Å². The molecule has 18 heavy (non-hydrogen) atoms. The van der Waals surface area contributed by atoms with E-state index in [1.165, 1.54) is 5.56 Å². The molecule has 0 saturated carbocycles. The Bertz CT molecular complexity index is 536.